The van der Waals surface area contributed by atoms with Crippen molar-refractivity contribution in [2.45, 2.75) is 37.6 Å². The van der Waals surface area contributed by atoms with E-state index < -0.39 is 0 Å². The van der Waals surface area contributed by atoms with E-state index in [1.165, 1.54) is 66.7 Å². The highest BCUT2D eigenvalue weighted by molar-refractivity contribution is 8.00. The van der Waals surface area contributed by atoms with E-state index in [1.807, 2.05) is 6.07 Å². The minimum Gasteiger partial charge on any atom is -0.324 e. The smallest absolute Gasteiger partial charge is 0.0646 e. The second-order valence-corrected chi connectivity index (χ2v) is 9.64. The van der Waals surface area contributed by atoms with Crippen LogP contribution in [0.15, 0.2) is 65.6 Å². The summed E-state index contributed by atoms with van der Waals surface area (Å²) in [5, 5.41) is 3.28. The van der Waals surface area contributed by atoms with E-state index in [0.29, 0.717) is 0 Å². The molecule has 0 radical (unpaired) electrons. The standard InChI is InChI=1S/C26H32ClN3S/c1-2-3-13-29-14-6-15-30(17-16-29)20-21-9-12-25(27)26(18-21)28-31-24-11-10-22-7-4-5-8-23(22)19-24/h4-5,7-12,18-19,28H,2-3,6,13-17,20H2,1H3. The Morgan fingerprint density at radius 2 is 1.71 bits per heavy atom. The summed E-state index contributed by atoms with van der Waals surface area (Å²) in [5.74, 6) is 0. The van der Waals surface area contributed by atoms with E-state index in [4.69, 9.17) is 11.6 Å². The Morgan fingerprint density at radius 3 is 2.58 bits per heavy atom. The van der Waals surface area contributed by atoms with Crippen LogP contribution in [0.4, 0.5) is 5.69 Å². The predicted molar refractivity (Wildman–Crippen MR) is 136 cm³/mol. The molecule has 0 amide bonds. The topological polar surface area (TPSA) is 18.5 Å². The maximum absolute atomic E-state index is 6.50. The van der Waals surface area contributed by atoms with E-state index in [-0.39, 0.29) is 0 Å². The fourth-order valence-corrected chi connectivity index (χ4v) is 5.08. The number of anilines is 1. The van der Waals surface area contributed by atoms with Crippen LogP contribution in [-0.2, 0) is 6.54 Å². The summed E-state index contributed by atoms with van der Waals surface area (Å²) in [6.07, 6.45) is 3.83. The second kappa shape index (κ2) is 11.2. The molecule has 0 saturated carbocycles. The van der Waals surface area contributed by atoms with Crippen LogP contribution in [0.1, 0.15) is 31.7 Å². The Bertz CT molecular complexity index is 993. The van der Waals surface area contributed by atoms with Gasteiger partial charge in [0.15, 0.2) is 0 Å². The molecule has 0 aliphatic carbocycles. The summed E-state index contributed by atoms with van der Waals surface area (Å²) in [6, 6.07) is 21.4. The predicted octanol–water partition coefficient (Wildman–Crippen LogP) is 6.92. The van der Waals surface area contributed by atoms with Gasteiger partial charge in [-0.1, -0.05) is 61.3 Å². The molecule has 0 unspecified atom stereocenters. The van der Waals surface area contributed by atoms with Gasteiger partial charge < -0.3 is 9.62 Å². The SMILES string of the molecule is CCCCN1CCCN(Cc2ccc(Cl)c(NSc3ccc4ccccc4c3)c2)CC1. The number of unbranched alkanes of at least 4 members (excludes halogenated alkanes) is 1. The van der Waals surface area contributed by atoms with Crippen molar-refractivity contribution < 1.29 is 0 Å². The van der Waals surface area contributed by atoms with Gasteiger partial charge in [0, 0.05) is 24.5 Å². The fraction of sp³-hybridized carbons (Fsp3) is 0.385. The Hall–Kier alpha value is -1.72. The summed E-state index contributed by atoms with van der Waals surface area (Å²) in [6.45, 7) is 9.21. The number of benzene rings is 3. The lowest BCUT2D eigenvalue weighted by atomic mass is 10.1. The van der Waals surface area contributed by atoms with Gasteiger partial charge in [-0.3, -0.25) is 4.90 Å². The number of fused-ring (bicyclic) bond motifs is 1. The third-order valence-corrected chi connectivity index (χ3v) is 7.09. The highest BCUT2D eigenvalue weighted by Crippen LogP contribution is 2.30. The lowest BCUT2D eigenvalue weighted by Crippen LogP contribution is -2.31. The third kappa shape index (κ3) is 6.39. The minimum absolute atomic E-state index is 0.763. The van der Waals surface area contributed by atoms with Crippen molar-refractivity contribution >= 4 is 40.0 Å². The molecule has 0 atom stereocenters. The van der Waals surface area contributed by atoms with Crippen LogP contribution in [0.2, 0.25) is 5.02 Å². The molecule has 1 saturated heterocycles. The van der Waals surface area contributed by atoms with Gasteiger partial charge in [0.05, 0.1) is 10.7 Å². The number of nitrogens with one attached hydrogen (secondary N) is 1. The molecule has 3 aromatic carbocycles. The highest BCUT2D eigenvalue weighted by atomic mass is 35.5. The Kier molecular flexibility index (Phi) is 8.15. The van der Waals surface area contributed by atoms with Gasteiger partial charge >= 0.3 is 0 Å². The van der Waals surface area contributed by atoms with Gasteiger partial charge in [0.2, 0.25) is 0 Å². The molecule has 1 N–H and O–H groups in total. The van der Waals surface area contributed by atoms with Gasteiger partial charge in [0.1, 0.15) is 0 Å². The molecular formula is C26H32ClN3S. The average Bonchev–Trinajstić information content (AvgIpc) is 3.03. The van der Waals surface area contributed by atoms with Crippen molar-refractivity contribution in [3.63, 3.8) is 0 Å². The first-order valence-corrected chi connectivity index (χ1v) is 12.6. The molecule has 1 aliphatic heterocycles. The van der Waals surface area contributed by atoms with E-state index in [0.717, 1.165) is 23.8 Å². The van der Waals surface area contributed by atoms with Gasteiger partial charge in [-0.2, -0.15) is 0 Å². The molecule has 0 bridgehead atoms. The normalized spacial score (nSPS) is 15.8. The van der Waals surface area contributed by atoms with Crippen LogP contribution in [0.5, 0.6) is 0 Å². The molecule has 164 valence electrons. The fourth-order valence-electron chi connectivity index (χ4n) is 4.14. The zero-order valence-electron chi connectivity index (χ0n) is 18.3. The maximum Gasteiger partial charge on any atom is 0.0646 e. The second-order valence-electron chi connectivity index (χ2n) is 8.35. The van der Waals surface area contributed by atoms with E-state index in [9.17, 15) is 0 Å². The van der Waals surface area contributed by atoms with Crippen LogP contribution in [0.25, 0.3) is 10.8 Å². The van der Waals surface area contributed by atoms with Crippen molar-refractivity contribution in [2.24, 2.45) is 0 Å². The molecule has 0 spiro atoms. The first kappa shape index (κ1) is 22.5. The zero-order valence-corrected chi connectivity index (χ0v) is 19.9. The van der Waals surface area contributed by atoms with Crippen molar-refractivity contribution in [2.75, 3.05) is 37.4 Å². The first-order chi connectivity index (χ1) is 15.2. The van der Waals surface area contributed by atoms with E-state index in [2.05, 4.69) is 76.0 Å². The molecule has 1 fully saturated rings. The summed E-state index contributed by atoms with van der Waals surface area (Å²) in [5.41, 5.74) is 2.30. The van der Waals surface area contributed by atoms with Gasteiger partial charge in [0.25, 0.3) is 0 Å². The number of rotatable bonds is 8. The molecule has 1 aliphatic rings. The van der Waals surface area contributed by atoms with Crippen molar-refractivity contribution in [1.82, 2.24) is 9.80 Å². The van der Waals surface area contributed by atoms with Crippen LogP contribution < -0.4 is 4.72 Å². The molecule has 3 aromatic rings. The number of hydrogen-bond acceptors (Lipinski definition) is 4. The monoisotopic (exact) mass is 453 g/mol. The van der Waals surface area contributed by atoms with Gasteiger partial charge in [-0.15, -0.1) is 0 Å². The van der Waals surface area contributed by atoms with Crippen LogP contribution >= 0.6 is 23.5 Å². The average molecular weight is 454 g/mol. The summed E-state index contributed by atoms with van der Waals surface area (Å²) in [7, 11) is 0. The molecule has 1 heterocycles. The summed E-state index contributed by atoms with van der Waals surface area (Å²) < 4.78 is 3.47. The summed E-state index contributed by atoms with van der Waals surface area (Å²) >= 11 is 8.11. The van der Waals surface area contributed by atoms with Crippen LogP contribution in [0.3, 0.4) is 0 Å². The zero-order chi connectivity index (χ0) is 21.5. The van der Waals surface area contributed by atoms with Crippen molar-refractivity contribution in [1.29, 1.82) is 0 Å². The Morgan fingerprint density at radius 1 is 0.903 bits per heavy atom. The van der Waals surface area contributed by atoms with Gasteiger partial charge in [-0.25, -0.2) is 0 Å². The quantitative estimate of drug-likeness (QED) is 0.373. The Balaban J connectivity index is 1.36. The van der Waals surface area contributed by atoms with E-state index >= 15 is 0 Å². The largest absolute Gasteiger partial charge is 0.324 e. The minimum atomic E-state index is 0.763. The first-order valence-electron chi connectivity index (χ1n) is 11.4. The van der Waals surface area contributed by atoms with Crippen molar-refractivity contribution in [3.05, 3.63) is 71.2 Å². The molecule has 31 heavy (non-hydrogen) atoms. The van der Waals surface area contributed by atoms with Crippen LogP contribution in [-0.4, -0.2) is 42.5 Å². The third-order valence-electron chi connectivity index (χ3n) is 5.95. The molecule has 4 rings (SSSR count). The maximum atomic E-state index is 6.50. The Labute approximate surface area is 195 Å². The van der Waals surface area contributed by atoms with Crippen molar-refractivity contribution in [3.8, 4) is 0 Å². The lowest BCUT2D eigenvalue weighted by molar-refractivity contribution is 0.249. The molecule has 3 nitrogen and oxygen atoms in total. The number of hydrogen-bond donors (Lipinski definition) is 1. The lowest BCUT2D eigenvalue weighted by Gasteiger charge is -2.22. The number of halogens is 1. The van der Waals surface area contributed by atoms with Crippen LogP contribution in [0, 0.1) is 0 Å². The highest BCUT2D eigenvalue weighted by Gasteiger charge is 2.15. The molecular weight excluding hydrogens is 422 g/mol. The summed E-state index contributed by atoms with van der Waals surface area (Å²) in [4.78, 5) is 6.38. The molecule has 0 aromatic heterocycles. The van der Waals surface area contributed by atoms with E-state index in [1.54, 1.807) is 11.9 Å². The van der Waals surface area contributed by atoms with Gasteiger partial charge in [-0.05, 0) is 85.0 Å². The number of nitrogens with zero attached hydrogens (tertiary/aromatic N) is 2. The molecule has 5 heteroatoms.